The molecule has 3 aromatic heterocycles. The molecular weight excluding hydrogens is 483 g/mol. The normalized spacial score (nSPS) is 11.4. The van der Waals surface area contributed by atoms with Crippen LogP contribution >= 0.6 is 11.6 Å². The van der Waals surface area contributed by atoms with Crippen LogP contribution in [0.25, 0.3) is 11.1 Å². The molecule has 0 atom stereocenters. The highest BCUT2D eigenvalue weighted by Gasteiger charge is 2.28. The Labute approximate surface area is 203 Å². The summed E-state index contributed by atoms with van der Waals surface area (Å²) in [6.07, 6.45) is 7.32. The van der Waals surface area contributed by atoms with E-state index in [2.05, 4.69) is 30.6 Å². The zero-order valence-electron chi connectivity index (χ0n) is 18.6. The van der Waals surface area contributed by atoms with Gasteiger partial charge in [0.05, 0.1) is 30.2 Å². The molecule has 1 amide bonds. The smallest absolute Gasteiger partial charge is 0.273 e. The van der Waals surface area contributed by atoms with Gasteiger partial charge in [-0.1, -0.05) is 23.7 Å². The molecular formula is C23H19ClF3N7O. The first kappa shape index (κ1) is 24.1. The summed E-state index contributed by atoms with van der Waals surface area (Å²) in [6.45, 7) is 0.675. The van der Waals surface area contributed by atoms with Gasteiger partial charge in [-0.05, 0) is 23.3 Å². The minimum Gasteiger partial charge on any atom is -0.338 e. The van der Waals surface area contributed by atoms with Crippen molar-refractivity contribution in [2.45, 2.75) is 19.3 Å². The second-order valence-electron chi connectivity index (χ2n) is 7.83. The molecule has 4 aromatic rings. The molecule has 0 saturated carbocycles. The van der Waals surface area contributed by atoms with Crippen LogP contribution < -0.4 is 10.6 Å². The second kappa shape index (κ2) is 9.71. The van der Waals surface area contributed by atoms with Crippen molar-refractivity contribution in [3.05, 3.63) is 77.5 Å². The van der Waals surface area contributed by atoms with E-state index in [1.165, 1.54) is 24.5 Å². The summed E-state index contributed by atoms with van der Waals surface area (Å²) in [7, 11) is 1.84. The number of alkyl halides is 2. The molecule has 8 nitrogen and oxygen atoms in total. The first-order valence-corrected chi connectivity index (χ1v) is 10.7. The van der Waals surface area contributed by atoms with E-state index in [0.717, 1.165) is 12.3 Å². The molecule has 0 spiro atoms. The number of hydrogen-bond acceptors (Lipinski definition) is 6. The standard InChI is InChI=1S/C23H19ClF3N7O/c1-23(26,27)17-7-16(10-28-21(17)24)32-20(35)6-14-4-3-13(5-18(14)25)15-8-29-22(30-9-15)33-19-11-34(2)12-31-19/h3-5,7-12H,6H2,1-2H3,(H,32,35)(H,29,30,33). The molecule has 2 N–H and O–H groups in total. The summed E-state index contributed by atoms with van der Waals surface area (Å²) < 4.78 is 43.7. The molecule has 0 bridgehead atoms. The van der Waals surface area contributed by atoms with Gasteiger partial charge in [0, 0.05) is 38.1 Å². The molecule has 0 saturated heterocycles. The van der Waals surface area contributed by atoms with Gasteiger partial charge in [0.1, 0.15) is 11.0 Å². The van der Waals surface area contributed by atoms with E-state index in [1.807, 2.05) is 7.05 Å². The van der Waals surface area contributed by atoms with E-state index in [9.17, 15) is 18.0 Å². The predicted molar refractivity (Wildman–Crippen MR) is 125 cm³/mol. The summed E-state index contributed by atoms with van der Waals surface area (Å²) in [5, 5.41) is 5.03. The highest BCUT2D eigenvalue weighted by molar-refractivity contribution is 6.30. The number of carbonyl (C=O) groups is 1. The van der Waals surface area contributed by atoms with Gasteiger partial charge in [0.15, 0.2) is 5.82 Å². The van der Waals surface area contributed by atoms with Crippen LogP contribution in [0.1, 0.15) is 18.1 Å². The molecule has 0 aliphatic heterocycles. The number of aromatic nitrogens is 5. The van der Waals surface area contributed by atoms with E-state index in [-0.39, 0.29) is 22.8 Å². The van der Waals surface area contributed by atoms with Crippen LogP contribution in [-0.2, 0) is 24.2 Å². The predicted octanol–water partition coefficient (Wildman–Crippen LogP) is 5.10. The molecule has 0 aliphatic carbocycles. The van der Waals surface area contributed by atoms with E-state index in [0.29, 0.717) is 29.8 Å². The summed E-state index contributed by atoms with van der Waals surface area (Å²) in [5.41, 5.74) is 0.739. The maximum atomic E-state index is 14.7. The van der Waals surface area contributed by atoms with E-state index >= 15 is 0 Å². The van der Waals surface area contributed by atoms with Crippen molar-refractivity contribution < 1.29 is 18.0 Å². The van der Waals surface area contributed by atoms with Gasteiger partial charge in [0.2, 0.25) is 11.9 Å². The molecule has 12 heteroatoms. The van der Waals surface area contributed by atoms with Crippen LogP contribution in [0.2, 0.25) is 5.15 Å². The van der Waals surface area contributed by atoms with Gasteiger partial charge < -0.3 is 15.2 Å². The molecule has 0 unspecified atom stereocenters. The van der Waals surface area contributed by atoms with Crippen LogP contribution in [0.4, 0.5) is 30.6 Å². The Morgan fingerprint density at radius 1 is 1.09 bits per heavy atom. The molecule has 0 radical (unpaired) electrons. The van der Waals surface area contributed by atoms with Crippen LogP contribution in [0.15, 0.2) is 55.4 Å². The Morgan fingerprint density at radius 2 is 1.83 bits per heavy atom. The van der Waals surface area contributed by atoms with Gasteiger partial charge in [-0.2, -0.15) is 0 Å². The molecule has 180 valence electrons. The zero-order chi connectivity index (χ0) is 25.2. The summed E-state index contributed by atoms with van der Waals surface area (Å²) >= 11 is 5.71. The van der Waals surface area contributed by atoms with Crippen molar-refractivity contribution in [1.82, 2.24) is 24.5 Å². The maximum absolute atomic E-state index is 14.7. The topological polar surface area (TPSA) is 97.6 Å². The van der Waals surface area contributed by atoms with Crippen molar-refractivity contribution in [3.8, 4) is 11.1 Å². The number of rotatable bonds is 7. The largest absolute Gasteiger partial charge is 0.338 e. The lowest BCUT2D eigenvalue weighted by Gasteiger charge is -2.14. The highest BCUT2D eigenvalue weighted by Crippen LogP contribution is 2.33. The number of carbonyl (C=O) groups excluding carboxylic acids is 1. The molecule has 4 rings (SSSR count). The van der Waals surface area contributed by atoms with Gasteiger partial charge in [-0.15, -0.1) is 0 Å². The summed E-state index contributed by atoms with van der Waals surface area (Å²) in [5.74, 6) is -3.52. The lowest BCUT2D eigenvalue weighted by Crippen LogP contribution is -2.17. The van der Waals surface area contributed by atoms with Crippen LogP contribution in [0.3, 0.4) is 0 Å². The first-order valence-electron chi connectivity index (χ1n) is 10.3. The number of pyridine rings is 1. The van der Waals surface area contributed by atoms with E-state index < -0.39 is 23.2 Å². The van der Waals surface area contributed by atoms with E-state index in [4.69, 9.17) is 11.6 Å². The lowest BCUT2D eigenvalue weighted by molar-refractivity contribution is -0.115. The van der Waals surface area contributed by atoms with Crippen LogP contribution in [0, 0.1) is 5.82 Å². The highest BCUT2D eigenvalue weighted by atomic mass is 35.5. The quantitative estimate of drug-likeness (QED) is 0.342. The third-order valence-electron chi connectivity index (χ3n) is 4.93. The minimum absolute atomic E-state index is 0.0319. The fourth-order valence-corrected chi connectivity index (χ4v) is 3.48. The van der Waals surface area contributed by atoms with Crippen molar-refractivity contribution in [1.29, 1.82) is 0 Å². The number of nitrogens with one attached hydrogen (secondary N) is 2. The Hall–Kier alpha value is -3.99. The average molecular weight is 502 g/mol. The number of anilines is 3. The van der Waals surface area contributed by atoms with Gasteiger partial charge in [-0.3, -0.25) is 4.79 Å². The first-order chi connectivity index (χ1) is 16.6. The minimum atomic E-state index is -3.23. The Bertz CT molecular complexity index is 1370. The maximum Gasteiger partial charge on any atom is 0.273 e. The number of hydrogen-bond donors (Lipinski definition) is 2. The lowest BCUT2D eigenvalue weighted by atomic mass is 10.0. The number of nitrogens with zero attached hydrogens (tertiary/aromatic N) is 5. The third kappa shape index (κ3) is 5.93. The van der Waals surface area contributed by atoms with Gasteiger partial charge >= 0.3 is 0 Å². The zero-order valence-corrected chi connectivity index (χ0v) is 19.3. The third-order valence-corrected chi connectivity index (χ3v) is 5.23. The van der Waals surface area contributed by atoms with Gasteiger partial charge in [-0.25, -0.2) is 33.1 Å². The van der Waals surface area contributed by atoms with E-state index in [1.54, 1.807) is 23.2 Å². The van der Waals surface area contributed by atoms with Crippen LogP contribution in [0.5, 0.6) is 0 Å². The Kier molecular flexibility index (Phi) is 6.70. The van der Waals surface area contributed by atoms with Crippen molar-refractivity contribution in [2.75, 3.05) is 10.6 Å². The average Bonchev–Trinajstić information content (AvgIpc) is 3.20. The van der Waals surface area contributed by atoms with Crippen molar-refractivity contribution in [3.63, 3.8) is 0 Å². The fraction of sp³-hybridized carbons (Fsp3) is 0.174. The molecule has 35 heavy (non-hydrogen) atoms. The number of halogens is 4. The summed E-state index contributed by atoms with van der Waals surface area (Å²) in [4.78, 5) is 28.6. The molecule has 1 aromatic carbocycles. The summed E-state index contributed by atoms with van der Waals surface area (Å²) in [6, 6.07) is 5.41. The Morgan fingerprint density at radius 3 is 2.46 bits per heavy atom. The number of amides is 1. The Balaban J connectivity index is 1.42. The number of imidazole rings is 1. The second-order valence-corrected chi connectivity index (χ2v) is 8.18. The van der Waals surface area contributed by atoms with Crippen LogP contribution in [-0.4, -0.2) is 30.4 Å². The monoisotopic (exact) mass is 501 g/mol. The SMILES string of the molecule is Cn1cnc(Nc2ncc(-c3ccc(CC(=O)Nc4cnc(Cl)c(C(C)(F)F)c4)c(F)c3)cn2)c1. The number of benzene rings is 1. The van der Waals surface area contributed by atoms with Crippen molar-refractivity contribution >= 4 is 35.0 Å². The molecule has 3 heterocycles. The molecule has 0 fully saturated rings. The van der Waals surface area contributed by atoms with Gasteiger partial charge in [0.25, 0.3) is 5.92 Å². The number of aryl methyl sites for hydroxylation is 1. The fourth-order valence-electron chi connectivity index (χ4n) is 3.21. The van der Waals surface area contributed by atoms with Crippen molar-refractivity contribution in [2.24, 2.45) is 7.05 Å². The molecule has 0 aliphatic rings.